The van der Waals surface area contributed by atoms with Crippen LogP contribution in [0.2, 0.25) is 0 Å². The Morgan fingerprint density at radius 3 is 2.57 bits per heavy atom. The lowest BCUT2D eigenvalue weighted by atomic mass is 9.46. The second kappa shape index (κ2) is 7.75. The minimum atomic E-state index is -0.156. The quantitative estimate of drug-likeness (QED) is 0.488. The normalized spacial score (nSPS) is 46.5. The zero-order valence-corrected chi connectivity index (χ0v) is 19.3. The molecule has 160 valence electrons. The molecule has 0 saturated heterocycles. The van der Waals surface area contributed by atoms with Crippen LogP contribution in [0.1, 0.15) is 105 Å². The molecule has 3 fully saturated rings. The minimum absolute atomic E-state index is 0.156. The van der Waals surface area contributed by atoms with Crippen molar-refractivity contribution in [2.45, 2.75) is 111 Å². The van der Waals surface area contributed by atoms with Gasteiger partial charge in [-0.2, -0.15) is 0 Å². The lowest BCUT2D eigenvalue weighted by Crippen LogP contribution is -2.53. The zero-order valence-electron chi connectivity index (χ0n) is 19.3. The Labute approximate surface area is 174 Å². The van der Waals surface area contributed by atoms with Gasteiger partial charge in [0.15, 0.2) is 0 Å². The van der Waals surface area contributed by atoms with Crippen molar-refractivity contribution >= 4 is 0 Å². The van der Waals surface area contributed by atoms with Crippen molar-refractivity contribution in [3.8, 4) is 0 Å². The maximum atomic E-state index is 11.1. The maximum absolute atomic E-state index is 11.1. The third-order valence-electron chi connectivity index (χ3n) is 10.2. The Hall–Kier alpha value is -0.300. The molecule has 0 aliphatic heterocycles. The van der Waals surface area contributed by atoms with E-state index in [0.29, 0.717) is 10.8 Å². The average molecular weight is 387 g/mol. The van der Waals surface area contributed by atoms with Crippen molar-refractivity contribution in [3.63, 3.8) is 0 Å². The van der Waals surface area contributed by atoms with Gasteiger partial charge in [0.2, 0.25) is 0 Å². The Balaban J connectivity index is 1.51. The van der Waals surface area contributed by atoms with E-state index in [-0.39, 0.29) is 6.10 Å². The third-order valence-corrected chi connectivity index (χ3v) is 10.2. The molecule has 0 bridgehead atoms. The molecule has 0 radical (unpaired) electrons. The molecule has 1 N–H and O–H groups in total. The smallest absolute Gasteiger partial charge is 0.0758 e. The summed E-state index contributed by atoms with van der Waals surface area (Å²) in [7, 11) is 0. The molecule has 4 rings (SSSR count). The summed E-state index contributed by atoms with van der Waals surface area (Å²) in [5, 5.41) is 11.1. The molecule has 0 aromatic rings. The molecule has 0 aromatic heterocycles. The van der Waals surface area contributed by atoms with Gasteiger partial charge in [-0.1, -0.05) is 60.0 Å². The second-order valence-corrected chi connectivity index (χ2v) is 12.1. The van der Waals surface area contributed by atoms with Crippen LogP contribution in [0.25, 0.3) is 0 Å². The molecule has 0 heterocycles. The predicted molar refractivity (Wildman–Crippen MR) is 119 cm³/mol. The summed E-state index contributed by atoms with van der Waals surface area (Å²) in [6, 6.07) is 0. The Morgan fingerprint density at radius 1 is 1.04 bits per heavy atom. The van der Waals surface area contributed by atoms with Crippen LogP contribution in [0.5, 0.6) is 0 Å². The first-order valence-corrected chi connectivity index (χ1v) is 12.7. The zero-order chi connectivity index (χ0) is 20.1. The number of aliphatic hydroxyl groups is 1. The fraction of sp³-hybridized carbons (Fsp3) is 0.926. The van der Waals surface area contributed by atoms with Gasteiger partial charge in [0, 0.05) is 0 Å². The van der Waals surface area contributed by atoms with Crippen LogP contribution in [-0.4, -0.2) is 11.2 Å². The van der Waals surface area contributed by atoms with Gasteiger partial charge >= 0.3 is 0 Å². The monoisotopic (exact) mass is 386 g/mol. The number of fused-ring (bicyclic) bond motifs is 5. The lowest BCUT2D eigenvalue weighted by Gasteiger charge is -2.59. The van der Waals surface area contributed by atoms with Crippen molar-refractivity contribution in [3.05, 3.63) is 11.6 Å². The summed E-state index contributed by atoms with van der Waals surface area (Å²) >= 11 is 0. The van der Waals surface area contributed by atoms with Gasteiger partial charge in [0.1, 0.15) is 0 Å². The fourth-order valence-electron chi connectivity index (χ4n) is 8.84. The third kappa shape index (κ3) is 3.32. The van der Waals surface area contributed by atoms with Gasteiger partial charge in [-0.15, -0.1) is 0 Å². The van der Waals surface area contributed by atoms with Crippen LogP contribution < -0.4 is 0 Å². The van der Waals surface area contributed by atoms with Crippen molar-refractivity contribution in [1.29, 1.82) is 0 Å². The minimum Gasteiger partial charge on any atom is -0.389 e. The summed E-state index contributed by atoms with van der Waals surface area (Å²) < 4.78 is 0. The van der Waals surface area contributed by atoms with Gasteiger partial charge < -0.3 is 5.11 Å². The molecule has 0 amide bonds. The molecule has 0 spiro atoms. The first kappa shape index (κ1) is 21.0. The highest BCUT2D eigenvalue weighted by atomic mass is 16.3. The molecule has 4 aliphatic rings. The average Bonchev–Trinajstić information content (AvgIpc) is 2.99. The summed E-state index contributed by atoms with van der Waals surface area (Å²) in [6.45, 7) is 12.5. The maximum Gasteiger partial charge on any atom is 0.0758 e. The van der Waals surface area contributed by atoms with Gasteiger partial charge in [0.05, 0.1) is 6.10 Å². The standard InChI is InChI=1S/C27H46O/c1-18(2)9-8-10-19(3)21-12-13-22-20-17-25(28)24-11-6-7-15-26(24,4)23(20)14-16-27(21,22)5/h11,18-23,25,28H,6-10,12-17H2,1-5H3. The molecule has 1 heteroatoms. The highest BCUT2D eigenvalue weighted by Gasteiger charge is 2.60. The molecule has 4 aliphatic carbocycles. The van der Waals surface area contributed by atoms with Gasteiger partial charge in [-0.25, -0.2) is 0 Å². The lowest BCUT2D eigenvalue weighted by molar-refractivity contribution is -0.0839. The van der Waals surface area contributed by atoms with Crippen molar-refractivity contribution in [2.24, 2.45) is 46.3 Å². The van der Waals surface area contributed by atoms with Crippen LogP contribution in [-0.2, 0) is 0 Å². The van der Waals surface area contributed by atoms with Crippen molar-refractivity contribution in [2.75, 3.05) is 0 Å². The van der Waals surface area contributed by atoms with E-state index in [4.69, 9.17) is 0 Å². The summed E-state index contributed by atoms with van der Waals surface area (Å²) in [6.07, 6.45) is 17.1. The van der Waals surface area contributed by atoms with Gasteiger partial charge in [-0.05, 0) is 103 Å². The summed E-state index contributed by atoms with van der Waals surface area (Å²) in [4.78, 5) is 0. The number of rotatable bonds is 5. The first-order valence-electron chi connectivity index (χ1n) is 12.7. The van der Waals surface area contributed by atoms with Crippen LogP contribution in [0, 0.1) is 46.3 Å². The van der Waals surface area contributed by atoms with Crippen molar-refractivity contribution in [1.82, 2.24) is 0 Å². The Bertz CT molecular complexity index is 591. The van der Waals surface area contributed by atoms with Crippen LogP contribution in [0.4, 0.5) is 0 Å². The van der Waals surface area contributed by atoms with E-state index < -0.39 is 0 Å². The Kier molecular flexibility index (Phi) is 5.80. The Morgan fingerprint density at radius 2 is 1.82 bits per heavy atom. The van der Waals surface area contributed by atoms with E-state index in [9.17, 15) is 5.11 Å². The summed E-state index contributed by atoms with van der Waals surface area (Å²) in [5.74, 6) is 5.09. The summed E-state index contributed by atoms with van der Waals surface area (Å²) in [5.41, 5.74) is 2.26. The SMILES string of the molecule is CC(C)CCCC(C)C1CCC2C3CC(O)C4=CCCCC4(C)C3CCC12C. The van der Waals surface area contributed by atoms with E-state index >= 15 is 0 Å². The van der Waals surface area contributed by atoms with E-state index in [1.54, 1.807) is 0 Å². The number of allylic oxidation sites excluding steroid dienone is 1. The van der Waals surface area contributed by atoms with E-state index in [0.717, 1.165) is 41.9 Å². The van der Waals surface area contributed by atoms with E-state index in [2.05, 4.69) is 40.7 Å². The van der Waals surface area contributed by atoms with Crippen molar-refractivity contribution < 1.29 is 5.11 Å². The largest absolute Gasteiger partial charge is 0.389 e. The first-order chi connectivity index (χ1) is 13.3. The molecule has 1 nitrogen and oxygen atoms in total. The molecule has 3 saturated carbocycles. The topological polar surface area (TPSA) is 20.2 Å². The number of hydrogen-bond acceptors (Lipinski definition) is 1. The molecule has 28 heavy (non-hydrogen) atoms. The fourth-order valence-corrected chi connectivity index (χ4v) is 8.84. The highest BCUT2D eigenvalue weighted by molar-refractivity contribution is 5.27. The van der Waals surface area contributed by atoms with Crippen LogP contribution in [0.3, 0.4) is 0 Å². The second-order valence-electron chi connectivity index (χ2n) is 12.1. The molecule has 0 aromatic carbocycles. The molecular weight excluding hydrogens is 340 g/mol. The number of aliphatic hydroxyl groups excluding tert-OH is 1. The van der Waals surface area contributed by atoms with Crippen LogP contribution >= 0.6 is 0 Å². The molecular formula is C27H46O. The molecule has 8 atom stereocenters. The van der Waals surface area contributed by atoms with Gasteiger partial charge in [-0.3, -0.25) is 0 Å². The van der Waals surface area contributed by atoms with E-state index in [1.165, 1.54) is 69.8 Å². The molecule has 8 unspecified atom stereocenters. The highest BCUT2D eigenvalue weighted by Crippen LogP contribution is 2.67. The number of hydrogen-bond donors (Lipinski definition) is 1. The van der Waals surface area contributed by atoms with Crippen LogP contribution in [0.15, 0.2) is 11.6 Å². The van der Waals surface area contributed by atoms with E-state index in [1.807, 2.05) is 0 Å². The predicted octanol–water partition coefficient (Wildman–Crippen LogP) is 7.39. The van der Waals surface area contributed by atoms with Gasteiger partial charge in [0.25, 0.3) is 0 Å².